The van der Waals surface area contributed by atoms with Crippen LogP contribution in [0, 0.1) is 0 Å². The Hall–Kier alpha value is -1.66. The van der Waals surface area contributed by atoms with E-state index in [4.69, 9.17) is 5.73 Å². The summed E-state index contributed by atoms with van der Waals surface area (Å²) in [5.74, 6) is -0.0382. The lowest BCUT2D eigenvalue weighted by atomic mass is 10.2. The van der Waals surface area contributed by atoms with Gasteiger partial charge in [0.1, 0.15) is 0 Å². The number of carbonyl (C=O) groups excluding carboxylic acids is 1. The Labute approximate surface area is 122 Å². The van der Waals surface area contributed by atoms with Gasteiger partial charge in [0.05, 0.1) is 10.2 Å². The molecule has 0 aliphatic carbocycles. The molecular weight excluding hydrogens is 272 g/mol. The average molecular weight is 292 g/mol. The van der Waals surface area contributed by atoms with Crippen LogP contribution in [0.1, 0.15) is 23.2 Å². The standard InChI is InChI=1S/C14H20N4OS/c1-18(2)8-4-3-7-16-13(19)10-5-6-11-12(9-10)20-14(15)17-11/h5-6,9H,3-4,7-8H2,1-2H3,(H2,15,17)(H,16,19). The Morgan fingerprint density at radius 2 is 2.20 bits per heavy atom. The minimum absolute atomic E-state index is 0.0382. The number of nitrogens with zero attached hydrogens (tertiary/aromatic N) is 2. The second-order valence-electron chi connectivity index (χ2n) is 5.00. The van der Waals surface area contributed by atoms with Gasteiger partial charge >= 0.3 is 0 Å². The van der Waals surface area contributed by atoms with E-state index in [1.807, 2.05) is 12.1 Å². The Morgan fingerprint density at radius 1 is 1.40 bits per heavy atom. The van der Waals surface area contributed by atoms with Crippen molar-refractivity contribution < 1.29 is 4.79 Å². The van der Waals surface area contributed by atoms with Crippen LogP contribution in [0.15, 0.2) is 18.2 Å². The third-order valence-corrected chi connectivity index (χ3v) is 3.83. The summed E-state index contributed by atoms with van der Waals surface area (Å²) in [5.41, 5.74) is 7.16. The monoisotopic (exact) mass is 292 g/mol. The fraction of sp³-hybridized carbons (Fsp3) is 0.429. The SMILES string of the molecule is CN(C)CCCCNC(=O)c1ccc2nc(N)sc2c1. The maximum atomic E-state index is 12.0. The Balaban J connectivity index is 1.87. The molecule has 1 amide bonds. The van der Waals surface area contributed by atoms with E-state index in [0.717, 1.165) is 29.6 Å². The molecule has 1 aromatic carbocycles. The molecule has 0 aliphatic rings. The van der Waals surface area contributed by atoms with Crippen LogP contribution in [-0.2, 0) is 0 Å². The van der Waals surface area contributed by atoms with Crippen LogP contribution in [0.2, 0.25) is 0 Å². The first-order valence-corrected chi connectivity index (χ1v) is 7.47. The molecule has 0 spiro atoms. The van der Waals surface area contributed by atoms with Gasteiger partial charge in [-0.1, -0.05) is 11.3 Å². The zero-order valence-electron chi connectivity index (χ0n) is 11.8. The highest BCUT2D eigenvalue weighted by molar-refractivity contribution is 7.22. The number of fused-ring (bicyclic) bond motifs is 1. The Kier molecular flexibility index (Phi) is 4.92. The van der Waals surface area contributed by atoms with Crippen LogP contribution in [0.3, 0.4) is 0 Å². The molecule has 0 bridgehead atoms. The molecule has 2 rings (SSSR count). The molecular formula is C14H20N4OS. The highest BCUT2D eigenvalue weighted by atomic mass is 32.1. The molecule has 108 valence electrons. The Bertz CT molecular complexity index is 594. The van der Waals surface area contributed by atoms with Gasteiger partial charge in [0.25, 0.3) is 5.91 Å². The van der Waals surface area contributed by atoms with Gasteiger partial charge < -0.3 is 16.0 Å². The smallest absolute Gasteiger partial charge is 0.251 e. The molecule has 0 saturated carbocycles. The predicted molar refractivity (Wildman–Crippen MR) is 84.2 cm³/mol. The predicted octanol–water partition coefficient (Wildman–Crippen LogP) is 1.95. The van der Waals surface area contributed by atoms with Gasteiger partial charge in [-0.25, -0.2) is 4.98 Å². The zero-order chi connectivity index (χ0) is 14.5. The summed E-state index contributed by atoms with van der Waals surface area (Å²) in [4.78, 5) is 18.3. The maximum absolute atomic E-state index is 12.0. The van der Waals surface area contributed by atoms with Crippen LogP contribution >= 0.6 is 11.3 Å². The van der Waals surface area contributed by atoms with Crippen molar-refractivity contribution in [3.63, 3.8) is 0 Å². The summed E-state index contributed by atoms with van der Waals surface area (Å²) in [7, 11) is 4.10. The molecule has 1 aromatic heterocycles. The largest absolute Gasteiger partial charge is 0.375 e. The molecule has 5 nitrogen and oxygen atoms in total. The first kappa shape index (κ1) is 14.7. The normalized spacial score (nSPS) is 11.2. The lowest BCUT2D eigenvalue weighted by molar-refractivity contribution is 0.0953. The molecule has 0 atom stereocenters. The van der Waals surface area contributed by atoms with E-state index in [0.29, 0.717) is 17.2 Å². The van der Waals surface area contributed by atoms with E-state index in [1.165, 1.54) is 11.3 Å². The van der Waals surface area contributed by atoms with Crippen molar-refractivity contribution in [3.05, 3.63) is 23.8 Å². The molecule has 0 saturated heterocycles. The van der Waals surface area contributed by atoms with Gasteiger partial charge in [-0.3, -0.25) is 4.79 Å². The summed E-state index contributed by atoms with van der Waals surface area (Å²) in [6.07, 6.45) is 2.07. The number of thiazole rings is 1. The Morgan fingerprint density at radius 3 is 2.95 bits per heavy atom. The summed E-state index contributed by atoms with van der Waals surface area (Å²) in [5, 5.41) is 3.47. The topological polar surface area (TPSA) is 71.2 Å². The first-order valence-electron chi connectivity index (χ1n) is 6.65. The first-order chi connectivity index (χ1) is 9.56. The van der Waals surface area contributed by atoms with E-state index in [2.05, 4.69) is 29.3 Å². The summed E-state index contributed by atoms with van der Waals surface area (Å²) < 4.78 is 0.947. The van der Waals surface area contributed by atoms with Crippen LogP contribution in [0.5, 0.6) is 0 Å². The summed E-state index contributed by atoms with van der Waals surface area (Å²) in [6, 6.07) is 5.47. The molecule has 3 N–H and O–H groups in total. The molecule has 0 unspecified atom stereocenters. The van der Waals surface area contributed by atoms with Crippen molar-refractivity contribution in [1.82, 2.24) is 15.2 Å². The number of hydrogen-bond donors (Lipinski definition) is 2. The summed E-state index contributed by atoms with van der Waals surface area (Å²) >= 11 is 1.40. The van der Waals surface area contributed by atoms with Crippen LogP contribution in [0.25, 0.3) is 10.2 Å². The van der Waals surface area contributed by atoms with Crippen molar-refractivity contribution in [3.8, 4) is 0 Å². The number of unbranched alkanes of at least 4 members (excludes halogenated alkanes) is 1. The number of nitrogens with two attached hydrogens (primary N) is 1. The van der Waals surface area contributed by atoms with Crippen molar-refractivity contribution in [2.24, 2.45) is 0 Å². The molecule has 6 heteroatoms. The third kappa shape index (κ3) is 3.91. The van der Waals surface area contributed by atoms with Crippen molar-refractivity contribution >= 4 is 32.6 Å². The molecule has 1 heterocycles. The van der Waals surface area contributed by atoms with Gasteiger partial charge in [-0.2, -0.15) is 0 Å². The highest BCUT2D eigenvalue weighted by Gasteiger charge is 2.08. The van der Waals surface area contributed by atoms with Crippen LogP contribution in [-0.4, -0.2) is 43.0 Å². The lowest BCUT2D eigenvalue weighted by Gasteiger charge is -2.09. The molecule has 20 heavy (non-hydrogen) atoms. The van der Waals surface area contributed by atoms with E-state index < -0.39 is 0 Å². The molecule has 0 radical (unpaired) electrons. The number of hydrogen-bond acceptors (Lipinski definition) is 5. The lowest BCUT2D eigenvalue weighted by Crippen LogP contribution is -2.25. The number of aromatic nitrogens is 1. The van der Waals surface area contributed by atoms with Gasteiger partial charge in [0, 0.05) is 12.1 Å². The van der Waals surface area contributed by atoms with E-state index in [-0.39, 0.29) is 5.91 Å². The van der Waals surface area contributed by atoms with E-state index >= 15 is 0 Å². The second-order valence-corrected chi connectivity index (χ2v) is 6.06. The minimum Gasteiger partial charge on any atom is -0.375 e. The second kappa shape index (κ2) is 6.67. The van der Waals surface area contributed by atoms with Crippen molar-refractivity contribution in [2.45, 2.75) is 12.8 Å². The molecule has 2 aromatic rings. The molecule has 0 aliphatic heterocycles. The van der Waals surface area contributed by atoms with Crippen molar-refractivity contribution in [2.75, 3.05) is 32.9 Å². The highest BCUT2D eigenvalue weighted by Crippen LogP contribution is 2.24. The fourth-order valence-corrected chi connectivity index (χ4v) is 2.71. The number of nitrogen functional groups attached to an aromatic ring is 1. The quantitative estimate of drug-likeness (QED) is 0.798. The number of rotatable bonds is 6. The zero-order valence-corrected chi connectivity index (χ0v) is 12.7. The maximum Gasteiger partial charge on any atom is 0.251 e. The number of amides is 1. The van der Waals surface area contributed by atoms with Crippen molar-refractivity contribution in [1.29, 1.82) is 0 Å². The van der Waals surface area contributed by atoms with Gasteiger partial charge in [0.15, 0.2) is 5.13 Å². The van der Waals surface area contributed by atoms with Crippen LogP contribution < -0.4 is 11.1 Å². The van der Waals surface area contributed by atoms with Gasteiger partial charge in [-0.15, -0.1) is 0 Å². The average Bonchev–Trinajstić information content (AvgIpc) is 2.76. The third-order valence-electron chi connectivity index (χ3n) is 2.98. The van der Waals surface area contributed by atoms with Gasteiger partial charge in [0.2, 0.25) is 0 Å². The van der Waals surface area contributed by atoms with Gasteiger partial charge in [-0.05, 0) is 51.7 Å². The number of nitrogens with one attached hydrogen (secondary N) is 1. The summed E-state index contributed by atoms with van der Waals surface area (Å²) in [6.45, 7) is 1.75. The number of carbonyl (C=O) groups is 1. The molecule has 0 fully saturated rings. The van der Waals surface area contributed by atoms with E-state index in [9.17, 15) is 4.79 Å². The minimum atomic E-state index is -0.0382. The number of benzene rings is 1. The fourth-order valence-electron chi connectivity index (χ4n) is 1.94. The van der Waals surface area contributed by atoms with Crippen LogP contribution in [0.4, 0.5) is 5.13 Å². The number of anilines is 1. The van der Waals surface area contributed by atoms with E-state index in [1.54, 1.807) is 6.07 Å².